The van der Waals surface area contributed by atoms with Gasteiger partial charge in [-0.25, -0.2) is 4.39 Å². The van der Waals surface area contributed by atoms with Gasteiger partial charge in [-0.2, -0.15) is 0 Å². The van der Waals surface area contributed by atoms with E-state index in [1.165, 1.54) is 11.1 Å². The second kappa shape index (κ2) is 4.09. The maximum Gasteiger partial charge on any atom is 0.148 e. The molecule has 0 saturated carbocycles. The summed E-state index contributed by atoms with van der Waals surface area (Å²) < 4.78 is 12.9. The predicted octanol–water partition coefficient (Wildman–Crippen LogP) is 2.97. The Labute approximate surface area is 84.3 Å². The van der Waals surface area contributed by atoms with E-state index in [9.17, 15) is 4.39 Å². The molecule has 1 aromatic rings. The summed E-state index contributed by atoms with van der Waals surface area (Å²) in [6.07, 6.45) is 2.41. The van der Waals surface area contributed by atoms with E-state index in [-0.39, 0.29) is 6.04 Å². The average molecular weight is 193 g/mol. The fraction of sp³-hybridized carbons (Fsp3) is 0.500. The number of nitrogens with one attached hydrogen (secondary N) is 1. The second-order valence-electron chi connectivity index (χ2n) is 3.93. The molecule has 0 radical (unpaired) electrons. The van der Waals surface area contributed by atoms with Crippen LogP contribution in [0.2, 0.25) is 0 Å². The number of rotatable bonds is 2. The van der Waals surface area contributed by atoms with Crippen molar-refractivity contribution in [1.82, 2.24) is 5.32 Å². The maximum atomic E-state index is 12.9. The number of benzene rings is 1. The molecular formula is C12H16FN. The summed E-state index contributed by atoms with van der Waals surface area (Å²) in [6.45, 7) is 1.55. The number of aryl methyl sites for hydroxylation is 1. The molecule has 1 aromatic carbocycles. The highest BCUT2D eigenvalue weighted by Crippen LogP contribution is 2.29. The van der Waals surface area contributed by atoms with E-state index < -0.39 is 6.30 Å². The average Bonchev–Trinajstić information content (AvgIpc) is 2.18. The molecule has 1 N–H and O–H groups in total. The highest BCUT2D eigenvalue weighted by atomic mass is 19.1. The minimum atomic E-state index is -0.925. The van der Waals surface area contributed by atoms with Crippen molar-refractivity contribution in [2.24, 2.45) is 0 Å². The van der Waals surface area contributed by atoms with Crippen LogP contribution in [0, 0.1) is 0 Å². The van der Waals surface area contributed by atoms with Gasteiger partial charge in [0, 0.05) is 6.04 Å². The van der Waals surface area contributed by atoms with Crippen LogP contribution >= 0.6 is 0 Å². The Morgan fingerprint density at radius 3 is 3.00 bits per heavy atom. The van der Waals surface area contributed by atoms with Crippen LogP contribution in [0.5, 0.6) is 0 Å². The minimum Gasteiger partial charge on any atom is -0.281 e. The molecular weight excluding hydrogens is 177 g/mol. The van der Waals surface area contributed by atoms with E-state index >= 15 is 0 Å². The zero-order valence-corrected chi connectivity index (χ0v) is 8.46. The third-order valence-corrected chi connectivity index (χ3v) is 2.80. The summed E-state index contributed by atoms with van der Waals surface area (Å²) in [5, 5.41) is 2.97. The number of hydrogen-bond donors (Lipinski definition) is 1. The van der Waals surface area contributed by atoms with Crippen molar-refractivity contribution in [3.05, 3.63) is 35.4 Å². The van der Waals surface area contributed by atoms with Gasteiger partial charge in [-0.3, -0.25) is 5.32 Å². The molecule has 1 unspecified atom stereocenters. The molecule has 0 aliphatic heterocycles. The Hall–Kier alpha value is -0.890. The molecule has 2 atom stereocenters. The molecule has 2 heteroatoms. The van der Waals surface area contributed by atoms with E-state index in [0.29, 0.717) is 0 Å². The summed E-state index contributed by atoms with van der Waals surface area (Å²) in [4.78, 5) is 0. The third kappa shape index (κ3) is 1.95. The molecule has 1 aliphatic carbocycles. The van der Waals surface area contributed by atoms with Crippen LogP contribution in [-0.2, 0) is 6.42 Å². The molecule has 2 rings (SSSR count). The van der Waals surface area contributed by atoms with Gasteiger partial charge < -0.3 is 0 Å². The van der Waals surface area contributed by atoms with E-state index in [4.69, 9.17) is 0 Å². The van der Waals surface area contributed by atoms with Crippen molar-refractivity contribution in [2.45, 2.75) is 38.5 Å². The topological polar surface area (TPSA) is 12.0 Å². The second-order valence-corrected chi connectivity index (χ2v) is 3.93. The van der Waals surface area contributed by atoms with E-state index in [1.807, 2.05) is 6.07 Å². The van der Waals surface area contributed by atoms with Crippen LogP contribution in [-0.4, -0.2) is 6.30 Å². The molecule has 1 aliphatic rings. The lowest BCUT2D eigenvalue weighted by Gasteiger charge is -2.26. The Morgan fingerprint density at radius 1 is 1.43 bits per heavy atom. The highest BCUT2D eigenvalue weighted by molar-refractivity contribution is 5.32. The number of halogens is 1. The van der Waals surface area contributed by atoms with Crippen molar-refractivity contribution in [2.75, 3.05) is 0 Å². The molecule has 0 amide bonds. The normalized spacial score (nSPS) is 22.9. The Morgan fingerprint density at radius 2 is 2.21 bits per heavy atom. The molecule has 0 aromatic heterocycles. The van der Waals surface area contributed by atoms with Crippen molar-refractivity contribution in [3.8, 4) is 0 Å². The maximum absolute atomic E-state index is 12.9. The minimum absolute atomic E-state index is 0.208. The van der Waals surface area contributed by atoms with Gasteiger partial charge in [0.1, 0.15) is 6.30 Å². The van der Waals surface area contributed by atoms with Gasteiger partial charge in [0.15, 0.2) is 0 Å². The molecule has 0 saturated heterocycles. The zero-order chi connectivity index (χ0) is 9.97. The first-order chi connectivity index (χ1) is 6.77. The third-order valence-electron chi connectivity index (χ3n) is 2.80. The van der Waals surface area contributed by atoms with Crippen molar-refractivity contribution >= 4 is 0 Å². The molecule has 0 spiro atoms. The van der Waals surface area contributed by atoms with E-state index in [2.05, 4.69) is 23.5 Å². The first kappa shape index (κ1) is 9.66. The van der Waals surface area contributed by atoms with Gasteiger partial charge >= 0.3 is 0 Å². The van der Waals surface area contributed by atoms with Crippen molar-refractivity contribution in [3.63, 3.8) is 0 Å². The monoisotopic (exact) mass is 193 g/mol. The number of alkyl halides is 1. The summed E-state index contributed by atoms with van der Waals surface area (Å²) in [7, 11) is 0. The smallest absolute Gasteiger partial charge is 0.148 e. The van der Waals surface area contributed by atoms with Crippen molar-refractivity contribution in [1.29, 1.82) is 0 Å². The van der Waals surface area contributed by atoms with Gasteiger partial charge in [0.2, 0.25) is 0 Å². The van der Waals surface area contributed by atoms with Gasteiger partial charge in [-0.1, -0.05) is 24.3 Å². The van der Waals surface area contributed by atoms with Gasteiger partial charge in [-0.15, -0.1) is 0 Å². The standard InChI is InChI=1S/C12H16FN/c1-9(13)14-12-8-4-6-10-5-2-3-7-11(10)12/h2-3,5,7,9,12,14H,4,6,8H2,1H3/t9?,12-/m1/s1. The first-order valence-electron chi connectivity index (χ1n) is 5.25. The SMILES string of the molecule is CC(F)N[C@@H]1CCCc2ccccc21. The zero-order valence-electron chi connectivity index (χ0n) is 8.46. The number of fused-ring (bicyclic) bond motifs is 1. The highest BCUT2D eigenvalue weighted by Gasteiger charge is 2.20. The summed E-state index contributed by atoms with van der Waals surface area (Å²) in [5.41, 5.74) is 2.65. The summed E-state index contributed by atoms with van der Waals surface area (Å²) in [6, 6.07) is 8.54. The Balaban J connectivity index is 2.22. The lowest BCUT2D eigenvalue weighted by molar-refractivity contribution is 0.256. The predicted molar refractivity (Wildman–Crippen MR) is 55.8 cm³/mol. The molecule has 0 bridgehead atoms. The molecule has 14 heavy (non-hydrogen) atoms. The largest absolute Gasteiger partial charge is 0.281 e. The quantitative estimate of drug-likeness (QED) is 0.712. The van der Waals surface area contributed by atoms with Crippen LogP contribution in [0.15, 0.2) is 24.3 Å². The van der Waals surface area contributed by atoms with Crippen LogP contribution in [0.3, 0.4) is 0 Å². The fourth-order valence-electron chi connectivity index (χ4n) is 2.20. The van der Waals surface area contributed by atoms with Gasteiger partial charge in [0.05, 0.1) is 0 Å². The lowest BCUT2D eigenvalue weighted by atomic mass is 9.88. The molecule has 0 heterocycles. The van der Waals surface area contributed by atoms with Gasteiger partial charge in [-0.05, 0) is 37.3 Å². The Bertz CT molecular complexity index is 309. The lowest BCUT2D eigenvalue weighted by Crippen LogP contribution is -2.29. The molecule has 0 fully saturated rings. The fourth-order valence-corrected chi connectivity index (χ4v) is 2.20. The van der Waals surface area contributed by atoms with Gasteiger partial charge in [0.25, 0.3) is 0 Å². The summed E-state index contributed by atoms with van der Waals surface area (Å²) in [5.74, 6) is 0. The van der Waals surface area contributed by atoms with E-state index in [1.54, 1.807) is 6.92 Å². The number of hydrogen-bond acceptors (Lipinski definition) is 1. The molecule has 76 valence electrons. The van der Waals surface area contributed by atoms with Crippen LogP contribution in [0.25, 0.3) is 0 Å². The van der Waals surface area contributed by atoms with E-state index in [0.717, 1.165) is 19.3 Å². The van der Waals surface area contributed by atoms with Crippen LogP contribution in [0.1, 0.15) is 36.9 Å². The van der Waals surface area contributed by atoms with Crippen LogP contribution in [0.4, 0.5) is 4.39 Å². The Kier molecular flexibility index (Phi) is 2.82. The summed E-state index contributed by atoms with van der Waals surface area (Å²) >= 11 is 0. The van der Waals surface area contributed by atoms with Crippen molar-refractivity contribution < 1.29 is 4.39 Å². The molecule has 1 nitrogen and oxygen atoms in total. The first-order valence-corrected chi connectivity index (χ1v) is 5.25. The van der Waals surface area contributed by atoms with Crippen LogP contribution < -0.4 is 5.32 Å².